The molecule has 114 valence electrons. The van der Waals surface area contributed by atoms with Crippen molar-refractivity contribution in [3.05, 3.63) is 24.8 Å². The number of hydrogen-bond donors (Lipinski definition) is 0. The van der Waals surface area contributed by atoms with Gasteiger partial charge in [0.1, 0.15) is 0 Å². The van der Waals surface area contributed by atoms with Crippen molar-refractivity contribution in [3.63, 3.8) is 0 Å². The van der Waals surface area contributed by atoms with E-state index in [0.29, 0.717) is 5.92 Å². The molecule has 3 rings (SSSR count). The first-order valence-electron chi connectivity index (χ1n) is 8.16. The Morgan fingerprint density at radius 2 is 1.90 bits per heavy atom. The summed E-state index contributed by atoms with van der Waals surface area (Å²) in [7, 11) is 0. The predicted molar refractivity (Wildman–Crippen MR) is 83.7 cm³/mol. The minimum atomic E-state index is -0.473. The van der Waals surface area contributed by atoms with E-state index in [0.717, 1.165) is 32.1 Å². The van der Waals surface area contributed by atoms with Crippen molar-refractivity contribution in [3.8, 4) is 0 Å². The van der Waals surface area contributed by atoms with E-state index >= 15 is 0 Å². The Morgan fingerprint density at radius 3 is 2.57 bits per heavy atom. The predicted octanol–water partition coefficient (Wildman–Crippen LogP) is 4.11. The van der Waals surface area contributed by atoms with Gasteiger partial charge in [-0.3, -0.25) is 9.59 Å². The quantitative estimate of drug-likeness (QED) is 0.537. The topological polar surface area (TPSA) is 34.1 Å². The van der Waals surface area contributed by atoms with Crippen molar-refractivity contribution in [2.24, 2.45) is 28.1 Å². The number of carbonyl (C=O) groups is 2. The molecular weight excluding hydrogens is 260 g/mol. The Hall–Kier alpha value is -1.18. The standard InChI is InChI=1S/C19H26O2/c1-5-17(2)10-11-18(3)13(12-17)8-9-19(4)15(18)7-6-14(20)16(19)21/h5-7,13,15H,1,8-12H2,2-4H3/t13-,15+,17-,18-,19-/m0/s1. The molecule has 0 amide bonds. The lowest BCUT2D eigenvalue weighted by molar-refractivity contribution is -0.152. The maximum Gasteiger partial charge on any atom is 0.221 e. The van der Waals surface area contributed by atoms with Gasteiger partial charge in [0.05, 0.1) is 0 Å². The van der Waals surface area contributed by atoms with Gasteiger partial charge in [0, 0.05) is 5.41 Å². The van der Waals surface area contributed by atoms with Crippen LogP contribution in [-0.4, -0.2) is 11.6 Å². The van der Waals surface area contributed by atoms with Crippen molar-refractivity contribution in [2.45, 2.75) is 52.9 Å². The number of fused-ring (bicyclic) bond motifs is 3. The first kappa shape index (κ1) is 14.7. The highest BCUT2D eigenvalue weighted by Gasteiger charge is 2.59. The normalized spacial score (nSPS) is 49.5. The molecule has 2 saturated carbocycles. The molecule has 2 heteroatoms. The van der Waals surface area contributed by atoms with Crippen LogP contribution in [0.4, 0.5) is 0 Å². The summed E-state index contributed by atoms with van der Waals surface area (Å²) in [6.07, 6.45) is 11.0. The van der Waals surface area contributed by atoms with Crippen molar-refractivity contribution in [2.75, 3.05) is 0 Å². The van der Waals surface area contributed by atoms with E-state index in [4.69, 9.17) is 0 Å². The number of hydrogen-bond acceptors (Lipinski definition) is 2. The molecule has 0 spiro atoms. The maximum atomic E-state index is 12.5. The van der Waals surface area contributed by atoms with Gasteiger partial charge in [0.15, 0.2) is 0 Å². The summed E-state index contributed by atoms with van der Waals surface area (Å²) >= 11 is 0. The van der Waals surface area contributed by atoms with Crippen molar-refractivity contribution in [1.29, 1.82) is 0 Å². The number of Topliss-reactive ketones (excluding diaryl/α,β-unsaturated/α-hetero) is 1. The van der Waals surface area contributed by atoms with Crippen molar-refractivity contribution < 1.29 is 9.59 Å². The molecule has 0 heterocycles. The molecule has 2 fully saturated rings. The summed E-state index contributed by atoms with van der Waals surface area (Å²) in [5, 5.41) is 0. The molecule has 0 aromatic rings. The van der Waals surface area contributed by atoms with Crippen LogP contribution in [0.15, 0.2) is 24.8 Å². The first-order valence-corrected chi connectivity index (χ1v) is 8.16. The fourth-order valence-corrected chi connectivity index (χ4v) is 5.27. The molecule has 2 nitrogen and oxygen atoms in total. The maximum absolute atomic E-state index is 12.5. The second-order valence-corrected chi connectivity index (χ2v) is 8.25. The van der Waals surface area contributed by atoms with Crippen molar-refractivity contribution >= 4 is 11.6 Å². The van der Waals surface area contributed by atoms with Gasteiger partial charge in [-0.05, 0) is 60.8 Å². The lowest BCUT2D eigenvalue weighted by Crippen LogP contribution is -2.56. The molecule has 0 aromatic carbocycles. The fraction of sp³-hybridized carbons (Fsp3) is 0.684. The lowest BCUT2D eigenvalue weighted by Gasteiger charge is -2.59. The minimum Gasteiger partial charge on any atom is -0.290 e. The molecule has 0 N–H and O–H groups in total. The van der Waals surface area contributed by atoms with Gasteiger partial charge in [0.2, 0.25) is 11.6 Å². The Morgan fingerprint density at radius 1 is 1.19 bits per heavy atom. The van der Waals surface area contributed by atoms with Crippen LogP contribution in [0.1, 0.15) is 52.9 Å². The van der Waals surface area contributed by atoms with Crippen LogP contribution < -0.4 is 0 Å². The smallest absolute Gasteiger partial charge is 0.221 e. The molecular formula is C19H26O2. The highest BCUT2D eigenvalue weighted by molar-refractivity contribution is 6.44. The van der Waals surface area contributed by atoms with Gasteiger partial charge < -0.3 is 0 Å². The molecule has 0 unspecified atom stereocenters. The average molecular weight is 286 g/mol. The van der Waals surface area contributed by atoms with E-state index in [9.17, 15) is 9.59 Å². The van der Waals surface area contributed by atoms with E-state index in [1.807, 2.05) is 13.0 Å². The molecule has 3 aliphatic rings. The first-order chi connectivity index (χ1) is 9.75. The molecule has 3 aliphatic carbocycles. The highest BCUT2D eigenvalue weighted by Crippen LogP contribution is 2.63. The Kier molecular flexibility index (Phi) is 3.10. The highest BCUT2D eigenvalue weighted by atomic mass is 16.2. The van der Waals surface area contributed by atoms with Crippen LogP contribution in [-0.2, 0) is 9.59 Å². The summed E-state index contributed by atoms with van der Waals surface area (Å²) in [5.74, 6) is 0.371. The molecule has 21 heavy (non-hydrogen) atoms. The SMILES string of the molecule is C=C[C@@]1(C)CC[C@@]2(C)[C@@H](CC[C@]3(C)C(=O)C(=O)C=C[C@H]23)C1. The summed E-state index contributed by atoms with van der Waals surface area (Å²) in [4.78, 5) is 24.3. The summed E-state index contributed by atoms with van der Waals surface area (Å²) in [6.45, 7) is 10.7. The molecule has 0 aliphatic heterocycles. The largest absolute Gasteiger partial charge is 0.290 e. The average Bonchev–Trinajstić information content (AvgIpc) is 2.46. The van der Waals surface area contributed by atoms with Crippen LogP contribution in [0, 0.1) is 28.1 Å². The van der Waals surface area contributed by atoms with Gasteiger partial charge in [-0.2, -0.15) is 0 Å². The molecule has 0 aromatic heterocycles. The van der Waals surface area contributed by atoms with Crippen LogP contribution >= 0.6 is 0 Å². The Balaban J connectivity index is 1.99. The zero-order valence-electron chi connectivity index (χ0n) is 13.4. The molecule has 5 atom stereocenters. The third kappa shape index (κ3) is 1.91. The van der Waals surface area contributed by atoms with Gasteiger partial charge in [-0.1, -0.05) is 32.9 Å². The third-order valence-corrected chi connectivity index (χ3v) is 6.96. The van der Waals surface area contributed by atoms with Crippen LogP contribution in [0.5, 0.6) is 0 Å². The monoisotopic (exact) mass is 286 g/mol. The Labute approximate surface area is 127 Å². The molecule has 0 bridgehead atoms. The molecule has 0 saturated heterocycles. The van der Waals surface area contributed by atoms with Gasteiger partial charge in [-0.15, -0.1) is 6.58 Å². The minimum absolute atomic E-state index is 0.141. The third-order valence-electron chi connectivity index (χ3n) is 6.96. The zero-order chi connectivity index (χ0) is 15.5. The van der Waals surface area contributed by atoms with Crippen molar-refractivity contribution in [1.82, 2.24) is 0 Å². The van der Waals surface area contributed by atoms with E-state index in [-0.39, 0.29) is 28.3 Å². The van der Waals surface area contributed by atoms with E-state index in [2.05, 4.69) is 26.5 Å². The second-order valence-electron chi connectivity index (χ2n) is 8.25. The second kappa shape index (κ2) is 4.41. The van der Waals surface area contributed by atoms with Crippen LogP contribution in [0.25, 0.3) is 0 Å². The van der Waals surface area contributed by atoms with E-state index in [1.54, 1.807) is 0 Å². The van der Waals surface area contributed by atoms with Gasteiger partial charge >= 0.3 is 0 Å². The van der Waals surface area contributed by atoms with Crippen LogP contribution in [0.2, 0.25) is 0 Å². The van der Waals surface area contributed by atoms with Gasteiger partial charge in [0.25, 0.3) is 0 Å². The van der Waals surface area contributed by atoms with Crippen LogP contribution in [0.3, 0.4) is 0 Å². The molecule has 0 radical (unpaired) electrons. The van der Waals surface area contributed by atoms with E-state index < -0.39 is 5.41 Å². The summed E-state index contributed by atoms with van der Waals surface area (Å²) < 4.78 is 0. The number of ketones is 2. The number of carbonyl (C=O) groups excluding carboxylic acids is 2. The van der Waals surface area contributed by atoms with E-state index in [1.165, 1.54) is 6.08 Å². The fourth-order valence-electron chi connectivity index (χ4n) is 5.27. The number of rotatable bonds is 1. The lowest BCUT2D eigenvalue weighted by atomic mass is 9.44. The van der Waals surface area contributed by atoms with Gasteiger partial charge in [-0.25, -0.2) is 0 Å². The number of allylic oxidation sites excluding steroid dienone is 3. The summed E-state index contributed by atoms with van der Waals surface area (Å²) in [5.41, 5.74) is -0.0997. The summed E-state index contributed by atoms with van der Waals surface area (Å²) in [6, 6.07) is 0. The zero-order valence-corrected chi connectivity index (χ0v) is 13.4. The Bertz CT molecular complexity index is 546.